The fraction of sp³-hybridized carbons (Fsp3) is 1.00. The molecule has 0 spiro atoms. The van der Waals surface area contributed by atoms with Crippen LogP contribution in [0.15, 0.2) is 0 Å². The third-order valence-electron chi connectivity index (χ3n) is 2.73. The Morgan fingerprint density at radius 1 is 1.45 bits per heavy atom. The van der Waals surface area contributed by atoms with Crippen molar-refractivity contribution in [3.63, 3.8) is 0 Å². The van der Waals surface area contributed by atoms with Crippen molar-refractivity contribution < 1.29 is 10.2 Å². The summed E-state index contributed by atoms with van der Waals surface area (Å²) in [5.41, 5.74) is 0.269. The molecule has 0 radical (unpaired) electrons. The van der Waals surface area contributed by atoms with Gasteiger partial charge in [-0.15, -0.1) is 0 Å². The van der Waals surface area contributed by atoms with Crippen molar-refractivity contribution in [2.24, 2.45) is 11.3 Å². The summed E-state index contributed by atoms with van der Waals surface area (Å²) in [7, 11) is 0. The molecule has 1 fully saturated rings. The molecule has 2 N–H and O–H groups in total. The highest BCUT2D eigenvalue weighted by atomic mass is 16.3. The molecule has 1 aliphatic carbocycles. The van der Waals surface area contributed by atoms with E-state index in [-0.39, 0.29) is 24.0 Å². The Bertz CT molecular complexity index is 132. The Morgan fingerprint density at radius 3 is 2.55 bits per heavy atom. The van der Waals surface area contributed by atoms with Crippen molar-refractivity contribution in [1.29, 1.82) is 0 Å². The maximum atomic E-state index is 9.54. The quantitative estimate of drug-likeness (QED) is 0.601. The Morgan fingerprint density at radius 2 is 2.09 bits per heavy atom. The third-order valence-corrected chi connectivity index (χ3v) is 2.73. The van der Waals surface area contributed by atoms with Gasteiger partial charge in [-0.1, -0.05) is 13.8 Å². The molecule has 2 heteroatoms. The van der Waals surface area contributed by atoms with Crippen molar-refractivity contribution in [1.82, 2.24) is 0 Å². The molecule has 11 heavy (non-hydrogen) atoms. The Kier molecular flexibility index (Phi) is 2.55. The molecule has 1 saturated carbocycles. The van der Waals surface area contributed by atoms with E-state index in [9.17, 15) is 5.11 Å². The van der Waals surface area contributed by atoms with E-state index in [2.05, 4.69) is 13.8 Å². The van der Waals surface area contributed by atoms with Crippen molar-refractivity contribution in [3.8, 4) is 0 Å². The second-order valence-corrected chi connectivity index (χ2v) is 4.42. The lowest BCUT2D eigenvalue weighted by Gasteiger charge is -2.37. The van der Waals surface area contributed by atoms with Crippen LogP contribution < -0.4 is 0 Å². The molecule has 66 valence electrons. The predicted molar refractivity (Wildman–Crippen MR) is 44.2 cm³/mol. The van der Waals surface area contributed by atoms with Crippen molar-refractivity contribution in [2.75, 3.05) is 6.61 Å². The van der Waals surface area contributed by atoms with Crippen molar-refractivity contribution in [3.05, 3.63) is 0 Å². The Labute approximate surface area is 68.2 Å². The van der Waals surface area contributed by atoms with Crippen molar-refractivity contribution in [2.45, 2.75) is 39.2 Å². The topological polar surface area (TPSA) is 40.5 Å². The maximum Gasteiger partial charge on any atom is 0.0595 e. The normalized spacial score (nSPS) is 37.1. The van der Waals surface area contributed by atoms with Gasteiger partial charge in [0.1, 0.15) is 0 Å². The van der Waals surface area contributed by atoms with E-state index in [1.54, 1.807) is 0 Å². The maximum absolute atomic E-state index is 9.54. The number of hydrogen-bond donors (Lipinski definition) is 2. The van der Waals surface area contributed by atoms with E-state index in [4.69, 9.17) is 5.11 Å². The zero-order valence-corrected chi connectivity index (χ0v) is 7.38. The van der Waals surface area contributed by atoms with Crippen LogP contribution in [-0.4, -0.2) is 22.9 Å². The van der Waals surface area contributed by atoms with E-state index >= 15 is 0 Å². The molecule has 1 rings (SSSR count). The fourth-order valence-corrected chi connectivity index (χ4v) is 1.82. The van der Waals surface area contributed by atoms with E-state index in [0.29, 0.717) is 0 Å². The average Bonchev–Trinajstić information content (AvgIpc) is 1.86. The number of aliphatic hydroxyl groups excluding tert-OH is 2. The molecule has 0 aromatic heterocycles. The molecule has 0 aliphatic heterocycles. The number of rotatable bonds is 1. The molecule has 0 heterocycles. The lowest BCUT2D eigenvalue weighted by atomic mass is 9.72. The standard InChI is InChI=1S/C9H18O2/c1-9(2)4-3-7(6-10)8(11)5-9/h7-8,10-11H,3-6H2,1-2H3. The van der Waals surface area contributed by atoms with Gasteiger partial charge in [0, 0.05) is 12.5 Å². The molecule has 2 atom stereocenters. The van der Waals surface area contributed by atoms with Gasteiger partial charge in [-0.3, -0.25) is 0 Å². The Hall–Kier alpha value is -0.0800. The molecular formula is C9H18O2. The minimum Gasteiger partial charge on any atom is -0.396 e. The summed E-state index contributed by atoms with van der Waals surface area (Å²) < 4.78 is 0. The summed E-state index contributed by atoms with van der Waals surface area (Å²) in [6, 6.07) is 0. The van der Waals surface area contributed by atoms with Gasteiger partial charge >= 0.3 is 0 Å². The predicted octanol–water partition coefficient (Wildman–Crippen LogP) is 1.17. The van der Waals surface area contributed by atoms with Crippen LogP contribution in [0.5, 0.6) is 0 Å². The average molecular weight is 158 g/mol. The molecule has 2 nitrogen and oxygen atoms in total. The smallest absolute Gasteiger partial charge is 0.0595 e. The second-order valence-electron chi connectivity index (χ2n) is 4.42. The first-order valence-electron chi connectivity index (χ1n) is 4.34. The number of aliphatic hydroxyl groups is 2. The molecule has 0 aromatic rings. The summed E-state index contributed by atoms with van der Waals surface area (Å²) in [6.07, 6.45) is 2.63. The first-order valence-corrected chi connectivity index (χ1v) is 4.34. The van der Waals surface area contributed by atoms with E-state index in [1.165, 1.54) is 0 Å². The van der Waals surface area contributed by atoms with Crippen LogP contribution in [0.1, 0.15) is 33.1 Å². The number of hydrogen-bond acceptors (Lipinski definition) is 2. The molecule has 2 unspecified atom stereocenters. The van der Waals surface area contributed by atoms with E-state index in [0.717, 1.165) is 19.3 Å². The molecule has 1 aliphatic rings. The fourth-order valence-electron chi connectivity index (χ4n) is 1.82. The molecule has 0 amide bonds. The highest BCUT2D eigenvalue weighted by Crippen LogP contribution is 2.37. The molecule has 0 bridgehead atoms. The molecule has 0 saturated heterocycles. The zero-order valence-electron chi connectivity index (χ0n) is 7.38. The van der Waals surface area contributed by atoms with Crippen molar-refractivity contribution >= 4 is 0 Å². The Balaban J connectivity index is 2.48. The molecule has 0 aromatic carbocycles. The third kappa shape index (κ3) is 2.17. The summed E-state index contributed by atoms with van der Waals surface area (Å²) in [4.78, 5) is 0. The highest BCUT2D eigenvalue weighted by Gasteiger charge is 2.32. The van der Waals surface area contributed by atoms with Crippen LogP contribution in [0, 0.1) is 11.3 Å². The second kappa shape index (κ2) is 3.11. The lowest BCUT2D eigenvalue weighted by Crippen LogP contribution is -2.35. The zero-order chi connectivity index (χ0) is 8.48. The monoisotopic (exact) mass is 158 g/mol. The van der Waals surface area contributed by atoms with Gasteiger partial charge in [-0.25, -0.2) is 0 Å². The summed E-state index contributed by atoms with van der Waals surface area (Å²) in [6.45, 7) is 4.48. The van der Waals surface area contributed by atoms with Crippen LogP contribution in [0.4, 0.5) is 0 Å². The lowest BCUT2D eigenvalue weighted by molar-refractivity contribution is -0.00774. The van der Waals surface area contributed by atoms with Gasteiger partial charge in [-0.05, 0) is 24.7 Å². The first kappa shape index (κ1) is 9.01. The van der Waals surface area contributed by atoms with Gasteiger partial charge < -0.3 is 10.2 Å². The van der Waals surface area contributed by atoms with Crippen LogP contribution in [0.3, 0.4) is 0 Å². The minimum atomic E-state index is -0.288. The highest BCUT2D eigenvalue weighted by molar-refractivity contribution is 4.84. The van der Waals surface area contributed by atoms with Crippen LogP contribution >= 0.6 is 0 Å². The van der Waals surface area contributed by atoms with Crippen LogP contribution in [0.2, 0.25) is 0 Å². The largest absolute Gasteiger partial charge is 0.396 e. The van der Waals surface area contributed by atoms with Gasteiger partial charge in [0.15, 0.2) is 0 Å². The minimum absolute atomic E-state index is 0.128. The van der Waals surface area contributed by atoms with E-state index in [1.807, 2.05) is 0 Å². The van der Waals surface area contributed by atoms with Gasteiger partial charge in [0.2, 0.25) is 0 Å². The van der Waals surface area contributed by atoms with Gasteiger partial charge in [0.25, 0.3) is 0 Å². The summed E-state index contributed by atoms with van der Waals surface area (Å²) in [5.74, 6) is 0.128. The van der Waals surface area contributed by atoms with Gasteiger partial charge in [0.05, 0.1) is 6.10 Å². The summed E-state index contributed by atoms with van der Waals surface area (Å²) in [5, 5.41) is 18.4. The van der Waals surface area contributed by atoms with E-state index < -0.39 is 0 Å². The SMILES string of the molecule is CC1(C)CCC(CO)C(O)C1. The summed E-state index contributed by atoms with van der Waals surface area (Å²) >= 11 is 0. The first-order chi connectivity index (χ1) is 5.05. The van der Waals surface area contributed by atoms with Gasteiger partial charge in [-0.2, -0.15) is 0 Å². The molecular weight excluding hydrogens is 140 g/mol. The van der Waals surface area contributed by atoms with Crippen LogP contribution in [-0.2, 0) is 0 Å². The van der Waals surface area contributed by atoms with Crippen LogP contribution in [0.25, 0.3) is 0 Å².